The van der Waals surface area contributed by atoms with Crippen molar-refractivity contribution >= 4 is 0 Å². The van der Waals surface area contributed by atoms with E-state index in [1.54, 1.807) is 18.2 Å². The summed E-state index contributed by atoms with van der Waals surface area (Å²) < 4.78 is 15.6. The molecule has 23 heavy (non-hydrogen) atoms. The number of nitrogens with one attached hydrogen (secondary N) is 1. The van der Waals surface area contributed by atoms with Crippen molar-refractivity contribution in [1.82, 2.24) is 15.1 Å². The lowest BCUT2D eigenvalue weighted by molar-refractivity contribution is 0.166. The number of rotatable bonds is 5. The number of aryl methyl sites for hydroxylation is 1. The van der Waals surface area contributed by atoms with Gasteiger partial charge >= 0.3 is 0 Å². The van der Waals surface area contributed by atoms with Crippen LogP contribution in [-0.4, -0.2) is 21.4 Å². The van der Waals surface area contributed by atoms with Crippen LogP contribution >= 0.6 is 0 Å². The molecule has 5 heteroatoms. The van der Waals surface area contributed by atoms with Gasteiger partial charge < -0.3 is 10.4 Å². The quantitative estimate of drug-likeness (QED) is 0.887. The highest BCUT2D eigenvalue weighted by molar-refractivity contribution is 5.22. The molecule has 0 saturated carbocycles. The summed E-state index contributed by atoms with van der Waals surface area (Å²) in [5.74, 6) is -0.383. The van der Waals surface area contributed by atoms with E-state index >= 15 is 0 Å². The standard InChI is InChI=1S/C18H26FN3O/c1-12(15-11-22(18(3,4)5)21-13(15)2)20-10-17(23)14-8-6-7-9-16(14)19/h6-9,11-12,17,20,23H,10H2,1-5H3. The van der Waals surface area contributed by atoms with Gasteiger partial charge in [0.15, 0.2) is 0 Å². The Morgan fingerprint density at radius 1 is 1.26 bits per heavy atom. The Hall–Kier alpha value is -1.72. The smallest absolute Gasteiger partial charge is 0.129 e. The van der Waals surface area contributed by atoms with Crippen LogP contribution in [0.1, 0.15) is 56.7 Å². The molecule has 0 spiro atoms. The Balaban J connectivity index is 2.04. The molecule has 2 rings (SSSR count). The summed E-state index contributed by atoms with van der Waals surface area (Å²) in [5, 5.41) is 18.0. The number of benzene rings is 1. The highest BCUT2D eigenvalue weighted by Gasteiger charge is 2.20. The first kappa shape index (κ1) is 17.6. The number of aromatic nitrogens is 2. The number of halogens is 1. The summed E-state index contributed by atoms with van der Waals surface area (Å²) >= 11 is 0. The van der Waals surface area contributed by atoms with Crippen LogP contribution in [0.3, 0.4) is 0 Å². The van der Waals surface area contributed by atoms with Crippen molar-refractivity contribution in [2.45, 2.75) is 52.3 Å². The van der Waals surface area contributed by atoms with Crippen LogP contribution in [0.5, 0.6) is 0 Å². The molecule has 0 bridgehead atoms. The van der Waals surface area contributed by atoms with Gasteiger partial charge in [0.05, 0.1) is 17.3 Å². The van der Waals surface area contributed by atoms with E-state index in [4.69, 9.17) is 0 Å². The molecule has 2 aromatic rings. The lowest BCUT2D eigenvalue weighted by Gasteiger charge is -2.19. The molecule has 1 aromatic heterocycles. The minimum atomic E-state index is -0.878. The van der Waals surface area contributed by atoms with Gasteiger partial charge in [-0.15, -0.1) is 0 Å². The highest BCUT2D eigenvalue weighted by atomic mass is 19.1. The van der Waals surface area contributed by atoms with Crippen LogP contribution in [-0.2, 0) is 5.54 Å². The van der Waals surface area contributed by atoms with E-state index in [1.165, 1.54) is 6.07 Å². The molecule has 126 valence electrons. The maximum absolute atomic E-state index is 13.7. The van der Waals surface area contributed by atoms with Crippen molar-refractivity contribution in [2.75, 3.05) is 6.54 Å². The molecule has 2 unspecified atom stereocenters. The molecule has 1 heterocycles. The maximum Gasteiger partial charge on any atom is 0.129 e. The van der Waals surface area contributed by atoms with E-state index in [2.05, 4.69) is 31.2 Å². The third-order valence-electron chi connectivity index (χ3n) is 3.97. The van der Waals surface area contributed by atoms with Crippen molar-refractivity contribution in [3.8, 4) is 0 Å². The lowest BCUT2D eigenvalue weighted by Crippen LogP contribution is -2.25. The third kappa shape index (κ3) is 4.18. The summed E-state index contributed by atoms with van der Waals surface area (Å²) in [7, 11) is 0. The maximum atomic E-state index is 13.7. The van der Waals surface area contributed by atoms with Crippen LogP contribution in [0.2, 0.25) is 0 Å². The molecular formula is C18H26FN3O. The zero-order valence-electron chi connectivity index (χ0n) is 14.5. The van der Waals surface area contributed by atoms with Crippen LogP contribution < -0.4 is 5.32 Å². The Labute approximate surface area is 137 Å². The van der Waals surface area contributed by atoms with E-state index in [1.807, 2.05) is 24.7 Å². The van der Waals surface area contributed by atoms with Gasteiger partial charge in [-0.1, -0.05) is 18.2 Å². The molecule has 0 aliphatic heterocycles. The fourth-order valence-corrected chi connectivity index (χ4v) is 2.50. The molecule has 0 aliphatic rings. The van der Waals surface area contributed by atoms with Crippen LogP contribution in [0.25, 0.3) is 0 Å². The fourth-order valence-electron chi connectivity index (χ4n) is 2.50. The number of hydrogen-bond acceptors (Lipinski definition) is 3. The molecule has 0 aliphatic carbocycles. The number of hydrogen-bond donors (Lipinski definition) is 2. The fraction of sp³-hybridized carbons (Fsp3) is 0.500. The Morgan fingerprint density at radius 2 is 1.91 bits per heavy atom. The van der Waals surface area contributed by atoms with E-state index < -0.39 is 6.10 Å². The van der Waals surface area contributed by atoms with Gasteiger partial charge in [-0.25, -0.2) is 4.39 Å². The predicted octanol–water partition coefficient (Wildman–Crippen LogP) is 3.47. The Bertz CT molecular complexity index is 661. The third-order valence-corrected chi connectivity index (χ3v) is 3.97. The topological polar surface area (TPSA) is 50.1 Å². The molecule has 1 aromatic carbocycles. The summed E-state index contributed by atoms with van der Waals surface area (Å²) in [5.41, 5.74) is 2.28. The second-order valence-electron chi connectivity index (χ2n) is 6.95. The first-order valence-corrected chi connectivity index (χ1v) is 7.92. The van der Waals surface area contributed by atoms with Crippen molar-refractivity contribution in [3.63, 3.8) is 0 Å². The van der Waals surface area contributed by atoms with Crippen LogP contribution in [0.15, 0.2) is 30.5 Å². The molecule has 2 N–H and O–H groups in total. The molecule has 0 fully saturated rings. The lowest BCUT2D eigenvalue weighted by atomic mass is 10.1. The summed E-state index contributed by atoms with van der Waals surface area (Å²) in [6.07, 6.45) is 1.15. The van der Waals surface area contributed by atoms with Crippen LogP contribution in [0, 0.1) is 12.7 Å². The number of nitrogens with zero attached hydrogens (tertiary/aromatic N) is 2. The van der Waals surface area contributed by atoms with Crippen molar-refractivity contribution in [3.05, 3.63) is 53.1 Å². The van der Waals surface area contributed by atoms with Gasteiger partial charge in [0.1, 0.15) is 5.82 Å². The van der Waals surface area contributed by atoms with E-state index in [9.17, 15) is 9.50 Å². The normalized spacial score (nSPS) is 14.7. The summed E-state index contributed by atoms with van der Waals surface area (Å²) in [4.78, 5) is 0. The second-order valence-corrected chi connectivity index (χ2v) is 6.95. The number of aliphatic hydroxyl groups excluding tert-OH is 1. The average molecular weight is 319 g/mol. The minimum Gasteiger partial charge on any atom is -0.387 e. The van der Waals surface area contributed by atoms with Gasteiger partial charge in [-0.3, -0.25) is 4.68 Å². The van der Waals surface area contributed by atoms with Gasteiger partial charge in [0, 0.05) is 29.9 Å². The van der Waals surface area contributed by atoms with Gasteiger partial charge in [-0.05, 0) is 40.7 Å². The van der Waals surface area contributed by atoms with Gasteiger partial charge in [0.2, 0.25) is 0 Å². The largest absolute Gasteiger partial charge is 0.387 e. The molecule has 4 nitrogen and oxygen atoms in total. The summed E-state index contributed by atoms with van der Waals surface area (Å²) in [6.45, 7) is 10.6. The van der Waals surface area contributed by atoms with Crippen molar-refractivity contribution < 1.29 is 9.50 Å². The van der Waals surface area contributed by atoms with Crippen LogP contribution in [0.4, 0.5) is 4.39 Å². The van der Waals surface area contributed by atoms with Gasteiger partial charge in [0.25, 0.3) is 0 Å². The molecule has 0 radical (unpaired) electrons. The summed E-state index contributed by atoms with van der Waals surface area (Å²) in [6, 6.07) is 6.33. The van der Waals surface area contributed by atoms with E-state index in [-0.39, 0.29) is 23.9 Å². The highest BCUT2D eigenvalue weighted by Crippen LogP contribution is 2.22. The number of aliphatic hydroxyl groups is 1. The van der Waals surface area contributed by atoms with Crippen molar-refractivity contribution in [1.29, 1.82) is 0 Å². The average Bonchev–Trinajstić information content (AvgIpc) is 2.87. The van der Waals surface area contributed by atoms with Crippen molar-refractivity contribution in [2.24, 2.45) is 0 Å². The minimum absolute atomic E-state index is 0.0209. The van der Waals surface area contributed by atoms with E-state index in [0.29, 0.717) is 5.56 Å². The van der Waals surface area contributed by atoms with E-state index in [0.717, 1.165) is 11.3 Å². The molecule has 2 atom stereocenters. The predicted molar refractivity (Wildman–Crippen MR) is 89.7 cm³/mol. The Kier molecular flexibility index (Phi) is 5.22. The SMILES string of the molecule is Cc1nn(C(C)(C)C)cc1C(C)NCC(O)c1ccccc1F. The zero-order chi connectivity index (χ0) is 17.2. The second kappa shape index (κ2) is 6.81. The molecular weight excluding hydrogens is 293 g/mol. The van der Waals surface area contributed by atoms with Gasteiger partial charge in [-0.2, -0.15) is 5.10 Å². The monoisotopic (exact) mass is 319 g/mol. The molecule has 0 amide bonds. The molecule has 0 saturated heterocycles. The Morgan fingerprint density at radius 3 is 2.48 bits per heavy atom. The first-order chi connectivity index (χ1) is 10.7. The first-order valence-electron chi connectivity index (χ1n) is 7.92. The zero-order valence-corrected chi connectivity index (χ0v) is 14.5.